The van der Waals surface area contributed by atoms with E-state index < -0.39 is 0 Å². The highest BCUT2D eigenvalue weighted by Crippen LogP contribution is 2.11. The summed E-state index contributed by atoms with van der Waals surface area (Å²) in [6.07, 6.45) is 3.89. The normalized spacial score (nSPS) is 15.7. The molecule has 1 N–H and O–H groups in total. The maximum absolute atomic E-state index is 4.73. The van der Waals surface area contributed by atoms with Gasteiger partial charge < -0.3 is 15.1 Å². The molecule has 20 heavy (non-hydrogen) atoms. The van der Waals surface area contributed by atoms with Gasteiger partial charge in [0.25, 0.3) is 0 Å². The van der Waals surface area contributed by atoms with Crippen LogP contribution >= 0.6 is 0 Å². The van der Waals surface area contributed by atoms with Crippen molar-refractivity contribution in [2.24, 2.45) is 0 Å². The quantitative estimate of drug-likeness (QED) is 0.737. The van der Waals surface area contributed by atoms with Gasteiger partial charge in [0.2, 0.25) is 0 Å². The highest BCUT2D eigenvalue weighted by atomic mass is 15.2. The van der Waals surface area contributed by atoms with Gasteiger partial charge in [-0.1, -0.05) is 13.0 Å². The minimum Gasteiger partial charge on any atom is -0.358 e. The monoisotopic (exact) mass is 276 g/mol. The first-order chi connectivity index (χ1) is 9.79. The molecular weight excluding hydrogens is 248 g/mol. The predicted octanol–water partition coefficient (Wildman–Crippen LogP) is 2.11. The second kappa shape index (κ2) is 8.22. The van der Waals surface area contributed by atoms with E-state index >= 15 is 0 Å². The van der Waals surface area contributed by atoms with Crippen LogP contribution in [0.1, 0.15) is 31.9 Å². The van der Waals surface area contributed by atoms with Crippen LogP contribution < -0.4 is 10.2 Å². The fraction of sp³-hybridized carbons (Fsp3) is 0.688. The second-order valence-electron chi connectivity index (χ2n) is 5.63. The highest BCUT2D eigenvalue weighted by molar-refractivity contribution is 5.38. The summed E-state index contributed by atoms with van der Waals surface area (Å²) >= 11 is 0. The third-order valence-electron chi connectivity index (χ3n) is 3.87. The zero-order valence-corrected chi connectivity index (χ0v) is 12.9. The van der Waals surface area contributed by atoms with E-state index in [-0.39, 0.29) is 0 Å². The molecule has 2 heterocycles. The fourth-order valence-electron chi connectivity index (χ4n) is 2.58. The van der Waals surface area contributed by atoms with Crippen molar-refractivity contribution in [3.05, 3.63) is 23.9 Å². The van der Waals surface area contributed by atoms with Gasteiger partial charge in [-0.25, -0.2) is 4.98 Å². The summed E-state index contributed by atoms with van der Waals surface area (Å²) in [5.74, 6) is 1.08. The summed E-state index contributed by atoms with van der Waals surface area (Å²) in [4.78, 5) is 9.54. The van der Waals surface area contributed by atoms with E-state index in [9.17, 15) is 0 Å². The topological polar surface area (TPSA) is 31.4 Å². The Morgan fingerprint density at radius 2 is 2.10 bits per heavy atom. The minimum absolute atomic E-state index is 0.863. The molecule has 1 fully saturated rings. The number of nitrogens with zero attached hydrogens (tertiary/aromatic N) is 3. The lowest BCUT2D eigenvalue weighted by Gasteiger charge is -2.22. The first kappa shape index (κ1) is 15.3. The van der Waals surface area contributed by atoms with Gasteiger partial charge in [0.15, 0.2) is 0 Å². The van der Waals surface area contributed by atoms with Crippen molar-refractivity contribution >= 4 is 5.82 Å². The van der Waals surface area contributed by atoms with E-state index in [2.05, 4.69) is 47.3 Å². The third-order valence-corrected chi connectivity index (χ3v) is 3.87. The molecule has 1 saturated heterocycles. The van der Waals surface area contributed by atoms with Crippen LogP contribution in [0.25, 0.3) is 0 Å². The number of likely N-dealkylation sites (tertiary alicyclic amines) is 1. The first-order valence-corrected chi connectivity index (χ1v) is 7.89. The van der Waals surface area contributed by atoms with E-state index in [1.165, 1.54) is 25.9 Å². The van der Waals surface area contributed by atoms with E-state index in [4.69, 9.17) is 4.98 Å². The molecule has 0 spiro atoms. The molecule has 0 saturated carbocycles. The summed E-state index contributed by atoms with van der Waals surface area (Å²) in [5.41, 5.74) is 1.13. The van der Waals surface area contributed by atoms with Gasteiger partial charge in [0.1, 0.15) is 5.82 Å². The van der Waals surface area contributed by atoms with Crippen molar-refractivity contribution in [3.63, 3.8) is 0 Å². The van der Waals surface area contributed by atoms with E-state index in [1.54, 1.807) is 0 Å². The lowest BCUT2D eigenvalue weighted by Crippen LogP contribution is -2.31. The number of pyridine rings is 1. The van der Waals surface area contributed by atoms with E-state index in [0.717, 1.165) is 44.1 Å². The minimum atomic E-state index is 0.863. The molecule has 4 heteroatoms. The number of likely N-dealkylation sites (N-methyl/N-ethyl adjacent to an activating group) is 1. The lowest BCUT2D eigenvalue weighted by molar-refractivity contribution is 0.346. The summed E-state index contributed by atoms with van der Waals surface area (Å²) in [7, 11) is 2.14. The van der Waals surface area contributed by atoms with Crippen molar-refractivity contribution in [3.8, 4) is 0 Å². The molecule has 1 aromatic heterocycles. The van der Waals surface area contributed by atoms with Gasteiger partial charge in [-0.2, -0.15) is 0 Å². The Morgan fingerprint density at radius 3 is 2.85 bits per heavy atom. The smallest absolute Gasteiger partial charge is 0.128 e. The molecule has 0 amide bonds. The van der Waals surface area contributed by atoms with Crippen molar-refractivity contribution in [1.29, 1.82) is 0 Å². The Kier molecular flexibility index (Phi) is 6.27. The molecule has 0 bridgehead atoms. The lowest BCUT2D eigenvalue weighted by atomic mass is 10.3. The Balaban J connectivity index is 1.81. The summed E-state index contributed by atoms with van der Waals surface area (Å²) in [5, 5.41) is 3.41. The SMILES string of the molecule is CCCNCc1cccc(N(C)CCN2CCCC2)n1. The van der Waals surface area contributed by atoms with Gasteiger partial charge in [-0.05, 0) is 51.0 Å². The standard InChI is InChI=1S/C16H28N4/c1-3-9-17-14-15-7-6-8-16(18-15)19(2)12-13-20-10-4-5-11-20/h6-8,17H,3-5,9-14H2,1-2H3. The van der Waals surface area contributed by atoms with Crippen molar-refractivity contribution in [2.45, 2.75) is 32.7 Å². The number of anilines is 1. The zero-order valence-electron chi connectivity index (χ0n) is 12.9. The summed E-state index contributed by atoms with van der Waals surface area (Å²) in [6, 6.07) is 6.31. The van der Waals surface area contributed by atoms with Crippen LogP contribution in [-0.4, -0.2) is 49.7 Å². The maximum atomic E-state index is 4.73. The van der Waals surface area contributed by atoms with Gasteiger partial charge in [0.05, 0.1) is 5.69 Å². The molecule has 0 radical (unpaired) electrons. The molecule has 1 aromatic rings. The predicted molar refractivity (Wildman–Crippen MR) is 85.2 cm³/mol. The molecule has 0 aliphatic carbocycles. The highest BCUT2D eigenvalue weighted by Gasteiger charge is 2.12. The third kappa shape index (κ3) is 4.76. The molecule has 0 aromatic carbocycles. The number of rotatable bonds is 8. The number of nitrogens with one attached hydrogen (secondary N) is 1. The Bertz CT molecular complexity index is 388. The van der Waals surface area contributed by atoms with Crippen LogP contribution in [-0.2, 0) is 6.54 Å². The Hall–Kier alpha value is -1.13. The van der Waals surface area contributed by atoms with Gasteiger partial charge in [-0.3, -0.25) is 0 Å². The molecule has 0 unspecified atom stereocenters. The Labute approximate surface area is 123 Å². The van der Waals surface area contributed by atoms with Gasteiger partial charge in [-0.15, -0.1) is 0 Å². The van der Waals surface area contributed by atoms with Crippen molar-refractivity contribution in [2.75, 3.05) is 44.7 Å². The Morgan fingerprint density at radius 1 is 1.30 bits per heavy atom. The van der Waals surface area contributed by atoms with Crippen LogP contribution in [0.15, 0.2) is 18.2 Å². The number of hydrogen-bond acceptors (Lipinski definition) is 4. The average Bonchev–Trinajstić information content (AvgIpc) is 2.99. The van der Waals surface area contributed by atoms with Gasteiger partial charge >= 0.3 is 0 Å². The van der Waals surface area contributed by atoms with Crippen LogP contribution in [0.3, 0.4) is 0 Å². The maximum Gasteiger partial charge on any atom is 0.128 e. The first-order valence-electron chi connectivity index (χ1n) is 7.89. The number of aromatic nitrogens is 1. The fourth-order valence-corrected chi connectivity index (χ4v) is 2.58. The van der Waals surface area contributed by atoms with Crippen molar-refractivity contribution < 1.29 is 0 Å². The molecule has 0 atom stereocenters. The van der Waals surface area contributed by atoms with Crippen LogP contribution in [0.5, 0.6) is 0 Å². The molecule has 4 nitrogen and oxygen atoms in total. The average molecular weight is 276 g/mol. The summed E-state index contributed by atoms with van der Waals surface area (Å²) in [6.45, 7) is 8.83. The second-order valence-corrected chi connectivity index (χ2v) is 5.63. The molecular formula is C16H28N4. The largest absolute Gasteiger partial charge is 0.358 e. The van der Waals surface area contributed by atoms with E-state index in [0.29, 0.717) is 0 Å². The van der Waals surface area contributed by atoms with Crippen LogP contribution in [0.4, 0.5) is 5.82 Å². The van der Waals surface area contributed by atoms with Gasteiger partial charge in [0, 0.05) is 26.7 Å². The molecule has 1 aliphatic heterocycles. The van der Waals surface area contributed by atoms with E-state index in [1.807, 2.05) is 0 Å². The summed E-state index contributed by atoms with van der Waals surface area (Å²) < 4.78 is 0. The molecule has 1 aliphatic rings. The zero-order chi connectivity index (χ0) is 14.2. The van der Waals surface area contributed by atoms with Crippen LogP contribution in [0, 0.1) is 0 Å². The number of hydrogen-bond donors (Lipinski definition) is 1. The van der Waals surface area contributed by atoms with Crippen LogP contribution in [0.2, 0.25) is 0 Å². The molecule has 112 valence electrons. The van der Waals surface area contributed by atoms with Crippen molar-refractivity contribution in [1.82, 2.24) is 15.2 Å². The molecule has 2 rings (SSSR count).